The van der Waals surface area contributed by atoms with Gasteiger partial charge in [-0.25, -0.2) is 0 Å². The van der Waals surface area contributed by atoms with Crippen molar-refractivity contribution < 1.29 is 8.95 Å². The summed E-state index contributed by atoms with van der Waals surface area (Å²) in [6.07, 6.45) is 0.904. The lowest BCUT2D eigenvalue weighted by atomic mass is 10.1. The van der Waals surface area contributed by atoms with Crippen molar-refractivity contribution >= 4 is 10.8 Å². The van der Waals surface area contributed by atoms with Gasteiger partial charge >= 0.3 is 0 Å². The summed E-state index contributed by atoms with van der Waals surface area (Å²) >= 11 is 0. The zero-order chi connectivity index (χ0) is 12.4. The Morgan fingerprint density at radius 3 is 3.06 bits per heavy atom. The lowest BCUT2D eigenvalue weighted by Crippen LogP contribution is -2.30. The van der Waals surface area contributed by atoms with Gasteiger partial charge in [-0.1, -0.05) is 17.7 Å². The molecule has 0 aromatic heterocycles. The molecule has 0 bridgehead atoms. The van der Waals surface area contributed by atoms with Gasteiger partial charge < -0.3 is 10.5 Å². The van der Waals surface area contributed by atoms with Gasteiger partial charge in [0.1, 0.15) is 11.9 Å². The standard InChI is InChI=1S/C13H19NO2S/c1-9-3-4-13-11(5-9)6-12(16-13)8-17(15)10(2)7-14/h3-5,10,12H,6-8,14H2,1-2H3. The van der Waals surface area contributed by atoms with E-state index in [0.717, 1.165) is 12.2 Å². The Morgan fingerprint density at radius 2 is 2.35 bits per heavy atom. The molecule has 2 rings (SSSR count). The summed E-state index contributed by atoms with van der Waals surface area (Å²) in [4.78, 5) is 0. The van der Waals surface area contributed by atoms with E-state index in [9.17, 15) is 4.21 Å². The third-order valence-corrected chi connectivity index (χ3v) is 4.88. The molecule has 3 unspecified atom stereocenters. The fourth-order valence-corrected chi connectivity index (χ4v) is 3.09. The normalized spacial score (nSPS) is 21.7. The first-order valence-electron chi connectivity index (χ1n) is 5.93. The van der Waals surface area contributed by atoms with E-state index in [1.807, 2.05) is 19.1 Å². The summed E-state index contributed by atoms with van der Waals surface area (Å²) in [6.45, 7) is 4.45. The average Bonchev–Trinajstić information content (AvgIpc) is 2.69. The van der Waals surface area contributed by atoms with Crippen LogP contribution in [-0.2, 0) is 17.2 Å². The third kappa shape index (κ3) is 2.87. The van der Waals surface area contributed by atoms with Crippen LogP contribution in [0.5, 0.6) is 5.75 Å². The van der Waals surface area contributed by atoms with Crippen LogP contribution in [0, 0.1) is 6.92 Å². The van der Waals surface area contributed by atoms with Crippen LogP contribution < -0.4 is 10.5 Å². The molecule has 1 aliphatic rings. The SMILES string of the molecule is Cc1ccc2c(c1)CC(CS(=O)C(C)CN)O2. The van der Waals surface area contributed by atoms with Crippen molar-refractivity contribution in [1.82, 2.24) is 0 Å². The Kier molecular flexibility index (Phi) is 3.84. The molecule has 0 amide bonds. The van der Waals surface area contributed by atoms with Gasteiger partial charge in [-0.15, -0.1) is 0 Å². The number of benzene rings is 1. The molecule has 1 aliphatic heterocycles. The van der Waals surface area contributed by atoms with Crippen LogP contribution in [0.3, 0.4) is 0 Å². The Balaban J connectivity index is 1.99. The summed E-state index contributed by atoms with van der Waals surface area (Å²) in [5.74, 6) is 1.52. The first-order chi connectivity index (χ1) is 8.10. The van der Waals surface area contributed by atoms with Gasteiger partial charge in [0.15, 0.2) is 0 Å². The van der Waals surface area contributed by atoms with Gasteiger partial charge in [-0.3, -0.25) is 4.21 Å². The zero-order valence-electron chi connectivity index (χ0n) is 10.3. The summed E-state index contributed by atoms with van der Waals surface area (Å²) in [7, 11) is -0.898. The van der Waals surface area contributed by atoms with Crippen molar-refractivity contribution in [1.29, 1.82) is 0 Å². The molecule has 3 nitrogen and oxygen atoms in total. The van der Waals surface area contributed by atoms with E-state index in [0.29, 0.717) is 12.3 Å². The maximum Gasteiger partial charge on any atom is 0.123 e. The fraction of sp³-hybridized carbons (Fsp3) is 0.538. The number of hydrogen-bond acceptors (Lipinski definition) is 3. The van der Waals surface area contributed by atoms with Gasteiger partial charge in [0, 0.05) is 29.0 Å². The molecule has 1 aromatic carbocycles. The van der Waals surface area contributed by atoms with E-state index in [-0.39, 0.29) is 11.4 Å². The highest BCUT2D eigenvalue weighted by Crippen LogP contribution is 2.29. The van der Waals surface area contributed by atoms with Crippen molar-refractivity contribution in [3.63, 3.8) is 0 Å². The van der Waals surface area contributed by atoms with E-state index in [4.69, 9.17) is 10.5 Å². The molecule has 2 N–H and O–H groups in total. The average molecular weight is 253 g/mol. The molecule has 0 saturated carbocycles. The number of aryl methyl sites for hydroxylation is 1. The number of hydrogen-bond donors (Lipinski definition) is 1. The smallest absolute Gasteiger partial charge is 0.123 e. The molecule has 0 fully saturated rings. The Labute approximate surface area is 105 Å². The molecule has 0 saturated heterocycles. The summed E-state index contributed by atoms with van der Waals surface area (Å²) in [6, 6.07) is 6.19. The van der Waals surface area contributed by atoms with E-state index >= 15 is 0 Å². The molecular formula is C13H19NO2S. The molecule has 4 heteroatoms. The third-order valence-electron chi connectivity index (χ3n) is 3.09. The predicted molar refractivity (Wildman–Crippen MR) is 70.8 cm³/mol. The number of nitrogens with two attached hydrogens (primary N) is 1. The van der Waals surface area contributed by atoms with Gasteiger partial charge in [0.2, 0.25) is 0 Å². The predicted octanol–water partition coefficient (Wildman–Crippen LogP) is 1.39. The number of fused-ring (bicyclic) bond motifs is 1. The topological polar surface area (TPSA) is 52.3 Å². The monoisotopic (exact) mass is 253 g/mol. The van der Waals surface area contributed by atoms with Crippen molar-refractivity contribution in [3.05, 3.63) is 29.3 Å². The first kappa shape index (κ1) is 12.6. The van der Waals surface area contributed by atoms with Crippen molar-refractivity contribution in [3.8, 4) is 5.75 Å². The van der Waals surface area contributed by atoms with Crippen molar-refractivity contribution in [2.45, 2.75) is 31.6 Å². The molecule has 0 spiro atoms. The van der Waals surface area contributed by atoms with Crippen molar-refractivity contribution in [2.24, 2.45) is 5.73 Å². The molecular weight excluding hydrogens is 234 g/mol. The molecule has 3 atom stereocenters. The van der Waals surface area contributed by atoms with Crippen LogP contribution in [0.2, 0.25) is 0 Å². The molecule has 1 aromatic rings. The molecule has 17 heavy (non-hydrogen) atoms. The molecule has 1 heterocycles. The van der Waals surface area contributed by atoms with Crippen LogP contribution in [0.15, 0.2) is 18.2 Å². The highest BCUT2D eigenvalue weighted by Gasteiger charge is 2.25. The maximum atomic E-state index is 11.9. The van der Waals surface area contributed by atoms with Gasteiger partial charge in [-0.05, 0) is 25.5 Å². The summed E-state index contributed by atoms with van der Waals surface area (Å²) in [5.41, 5.74) is 7.99. The van der Waals surface area contributed by atoms with Gasteiger partial charge in [-0.2, -0.15) is 0 Å². The minimum atomic E-state index is -0.898. The molecule has 0 radical (unpaired) electrons. The molecule has 0 aliphatic carbocycles. The van der Waals surface area contributed by atoms with Crippen molar-refractivity contribution in [2.75, 3.05) is 12.3 Å². The maximum absolute atomic E-state index is 11.9. The number of ether oxygens (including phenoxy) is 1. The second-order valence-electron chi connectivity index (χ2n) is 4.65. The van der Waals surface area contributed by atoms with E-state index in [1.54, 1.807) is 0 Å². The summed E-state index contributed by atoms with van der Waals surface area (Å²) < 4.78 is 17.7. The van der Waals surface area contributed by atoms with E-state index in [2.05, 4.69) is 13.0 Å². The lowest BCUT2D eigenvalue weighted by Gasteiger charge is -2.13. The largest absolute Gasteiger partial charge is 0.489 e. The second-order valence-corrected chi connectivity index (χ2v) is 6.55. The van der Waals surface area contributed by atoms with Crippen LogP contribution in [0.4, 0.5) is 0 Å². The highest BCUT2D eigenvalue weighted by molar-refractivity contribution is 7.85. The molecule has 94 valence electrons. The van der Waals surface area contributed by atoms with Crippen LogP contribution >= 0.6 is 0 Å². The fourth-order valence-electron chi connectivity index (χ4n) is 2.00. The minimum absolute atomic E-state index is 0.0432. The van der Waals surface area contributed by atoms with E-state index < -0.39 is 10.8 Å². The Morgan fingerprint density at radius 1 is 1.59 bits per heavy atom. The van der Waals surface area contributed by atoms with Crippen LogP contribution in [0.1, 0.15) is 18.1 Å². The first-order valence-corrected chi connectivity index (χ1v) is 7.31. The van der Waals surface area contributed by atoms with E-state index in [1.165, 1.54) is 11.1 Å². The van der Waals surface area contributed by atoms with Crippen LogP contribution in [0.25, 0.3) is 0 Å². The lowest BCUT2D eigenvalue weighted by molar-refractivity contribution is 0.258. The van der Waals surface area contributed by atoms with Gasteiger partial charge in [0.05, 0.1) is 5.75 Å². The minimum Gasteiger partial charge on any atom is -0.489 e. The number of rotatable bonds is 4. The zero-order valence-corrected chi connectivity index (χ0v) is 11.1. The quantitative estimate of drug-likeness (QED) is 0.882. The Bertz CT molecular complexity index is 433. The second kappa shape index (κ2) is 5.19. The summed E-state index contributed by atoms with van der Waals surface area (Å²) in [5, 5.41) is 0.0454. The van der Waals surface area contributed by atoms with Gasteiger partial charge in [0.25, 0.3) is 0 Å². The highest BCUT2D eigenvalue weighted by atomic mass is 32.2. The van der Waals surface area contributed by atoms with Crippen LogP contribution in [-0.4, -0.2) is 27.9 Å². The Hall–Kier alpha value is -0.870.